The molecule has 0 fully saturated rings. The predicted octanol–water partition coefficient (Wildman–Crippen LogP) is 7.96. The van der Waals surface area contributed by atoms with Crippen LogP contribution in [0.4, 0.5) is 0 Å². The Balaban J connectivity index is 1.86. The Bertz CT molecular complexity index is 1130. The first-order valence-electron chi connectivity index (χ1n) is 13.9. The fraction of sp³-hybridized carbons (Fsp3) is 0.412. The zero-order valence-electron chi connectivity index (χ0n) is 25.0. The molecule has 3 aromatic rings. The Hall–Kier alpha value is -2.74. The van der Waals surface area contributed by atoms with Gasteiger partial charge >= 0.3 is 0 Å². The van der Waals surface area contributed by atoms with Gasteiger partial charge in [0.15, 0.2) is 8.32 Å². The van der Waals surface area contributed by atoms with E-state index in [4.69, 9.17) is 23.4 Å². The van der Waals surface area contributed by atoms with Crippen molar-refractivity contribution >= 4 is 8.32 Å². The van der Waals surface area contributed by atoms with Crippen molar-refractivity contribution in [3.63, 3.8) is 0 Å². The van der Waals surface area contributed by atoms with Crippen LogP contribution in [0.2, 0.25) is 18.1 Å². The van der Waals surface area contributed by atoms with E-state index in [1.54, 1.807) is 7.11 Å². The van der Waals surface area contributed by atoms with E-state index in [1.165, 1.54) is 0 Å². The quantitative estimate of drug-likeness (QED) is 0.131. The molecular weight excluding hydrogens is 516 g/mol. The van der Waals surface area contributed by atoms with Crippen molar-refractivity contribution in [3.05, 3.63) is 114 Å². The molecule has 0 saturated heterocycles. The highest BCUT2D eigenvalue weighted by molar-refractivity contribution is 6.74. The molecule has 3 atom stereocenters. The van der Waals surface area contributed by atoms with Gasteiger partial charge in [0, 0.05) is 0 Å². The summed E-state index contributed by atoms with van der Waals surface area (Å²) in [5, 5.41) is 0.0695. The number of methoxy groups -OCH3 is 1. The smallest absolute Gasteiger partial charge is 0.192 e. The van der Waals surface area contributed by atoms with Crippen molar-refractivity contribution < 1.29 is 23.4 Å². The van der Waals surface area contributed by atoms with Crippen molar-refractivity contribution in [1.82, 2.24) is 0 Å². The topological polar surface area (TPSA) is 46.2 Å². The second kappa shape index (κ2) is 15.3. The highest BCUT2D eigenvalue weighted by Crippen LogP contribution is 2.37. The van der Waals surface area contributed by atoms with Crippen LogP contribution in [0.1, 0.15) is 37.5 Å². The van der Waals surface area contributed by atoms with Crippen LogP contribution in [0.5, 0.6) is 5.75 Å². The average molecular weight is 563 g/mol. The maximum Gasteiger partial charge on any atom is 0.192 e. The van der Waals surface area contributed by atoms with Crippen LogP contribution < -0.4 is 4.74 Å². The standard InChI is InChI=1S/C34H46O5Si/c1-8-31(36-24-29-19-21-30(35-5)22-20-29)33(38-25-28-17-13-10-14-18-28)32(26-39-40(6,7)34(2,3)4)37-23-27-15-11-9-12-16-27/h8-22,31-33H,1,23-26H2,2-7H3/t31-,32+,33+/m1/s1. The number of benzene rings is 3. The van der Waals surface area contributed by atoms with Crippen LogP contribution in [-0.4, -0.2) is 40.3 Å². The molecule has 0 saturated carbocycles. The van der Waals surface area contributed by atoms with E-state index >= 15 is 0 Å². The molecule has 0 N–H and O–H groups in total. The summed E-state index contributed by atoms with van der Waals surface area (Å²) in [4.78, 5) is 0. The third-order valence-corrected chi connectivity index (χ3v) is 12.0. The molecule has 0 aliphatic carbocycles. The molecular formula is C34H46O5Si. The van der Waals surface area contributed by atoms with E-state index in [0.29, 0.717) is 26.4 Å². The van der Waals surface area contributed by atoms with E-state index in [-0.39, 0.29) is 11.1 Å². The highest BCUT2D eigenvalue weighted by atomic mass is 28.4. The molecule has 0 aliphatic rings. The zero-order chi connectivity index (χ0) is 29.0. The highest BCUT2D eigenvalue weighted by Gasteiger charge is 2.39. The van der Waals surface area contributed by atoms with Gasteiger partial charge in [-0.2, -0.15) is 0 Å². The van der Waals surface area contributed by atoms with Gasteiger partial charge in [-0.25, -0.2) is 0 Å². The van der Waals surface area contributed by atoms with E-state index in [2.05, 4.69) is 64.7 Å². The lowest BCUT2D eigenvalue weighted by molar-refractivity contribution is -0.148. The monoisotopic (exact) mass is 562 g/mol. The number of hydrogen-bond acceptors (Lipinski definition) is 5. The summed E-state index contributed by atoms with van der Waals surface area (Å²) in [5.74, 6) is 0.810. The molecule has 5 nitrogen and oxygen atoms in total. The van der Waals surface area contributed by atoms with E-state index in [0.717, 1.165) is 22.4 Å². The Morgan fingerprint density at radius 3 is 1.73 bits per heavy atom. The minimum atomic E-state index is -2.05. The summed E-state index contributed by atoms with van der Waals surface area (Å²) in [6, 6.07) is 28.2. The molecule has 0 bridgehead atoms. The molecule has 0 aromatic heterocycles. The van der Waals surface area contributed by atoms with Crippen LogP contribution in [0, 0.1) is 0 Å². The second-order valence-corrected chi connectivity index (χ2v) is 16.3. The first kappa shape index (κ1) is 31.8. The summed E-state index contributed by atoms with van der Waals surface area (Å²) in [7, 11) is -0.386. The van der Waals surface area contributed by atoms with Gasteiger partial charge in [0.2, 0.25) is 0 Å². The van der Waals surface area contributed by atoms with Gasteiger partial charge < -0.3 is 23.4 Å². The molecule has 216 valence electrons. The van der Waals surface area contributed by atoms with Crippen molar-refractivity contribution in [2.24, 2.45) is 0 Å². The fourth-order valence-electron chi connectivity index (χ4n) is 3.91. The number of ether oxygens (including phenoxy) is 4. The van der Waals surface area contributed by atoms with E-state index in [1.807, 2.05) is 66.7 Å². The Morgan fingerprint density at radius 1 is 0.725 bits per heavy atom. The minimum Gasteiger partial charge on any atom is -0.497 e. The number of hydrogen-bond donors (Lipinski definition) is 0. The van der Waals surface area contributed by atoms with Crippen molar-refractivity contribution in [2.45, 2.75) is 77.0 Å². The van der Waals surface area contributed by atoms with Gasteiger partial charge in [-0.3, -0.25) is 0 Å². The fourth-order valence-corrected chi connectivity index (χ4v) is 4.93. The zero-order valence-corrected chi connectivity index (χ0v) is 26.0. The molecule has 0 radical (unpaired) electrons. The molecule has 6 heteroatoms. The van der Waals surface area contributed by atoms with Crippen LogP contribution in [0.3, 0.4) is 0 Å². The molecule has 3 rings (SSSR count). The largest absolute Gasteiger partial charge is 0.497 e. The normalized spacial score (nSPS) is 14.3. The first-order valence-corrected chi connectivity index (χ1v) is 16.9. The van der Waals surface area contributed by atoms with Gasteiger partial charge in [0.05, 0.1) is 33.5 Å². The van der Waals surface area contributed by atoms with E-state index in [9.17, 15) is 0 Å². The van der Waals surface area contributed by atoms with Crippen molar-refractivity contribution in [1.29, 1.82) is 0 Å². The van der Waals surface area contributed by atoms with Gasteiger partial charge in [-0.1, -0.05) is 99.6 Å². The summed E-state index contributed by atoms with van der Waals surface area (Å²) in [6.07, 6.45) is 0.570. The lowest BCUT2D eigenvalue weighted by atomic mass is 10.1. The predicted molar refractivity (Wildman–Crippen MR) is 165 cm³/mol. The number of rotatable bonds is 16. The molecule has 40 heavy (non-hydrogen) atoms. The maximum absolute atomic E-state index is 6.69. The Kier molecular flexibility index (Phi) is 12.2. The van der Waals surface area contributed by atoms with E-state index < -0.39 is 20.5 Å². The first-order chi connectivity index (χ1) is 19.1. The Labute approximate surface area is 242 Å². The van der Waals surface area contributed by atoms with Crippen LogP contribution in [-0.2, 0) is 38.5 Å². The van der Waals surface area contributed by atoms with Crippen molar-refractivity contribution in [2.75, 3.05) is 13.7 Å². The molecule has 0 unspecified atom stereocenters. The lowest BCUT2D eigenvalue weighted by Crippen LogP contribution is -2.48. The summed E-state index contributed by atoms with van der Waals surface area (Å²) in [5.41, 5.74) is 3.21. The summed E-state index contributed by atoms with van der Waals surface area (Å²) in [6.45, 7) is 17.0. The summed E-state index contributed by atoms with van der Waals surface area (Å²) < 4.78 is 31.6. The third-order valence-electron chi connectivity index (χ3n) is 7.53. The molecule has 0 amide bonds. The van der Waals surface area contributed by atoms with Crippen molar-refractivity contribution in [3.8, 4) is 5.75 Å². The Morgan fingerprint density at radius 2 is 1.23 bits per heavy atom. The molecule has 0 spiro atoms. The van der Waals surface area contributed by atoms with Gasteiger partial charge in [0.25, 0.3) is 0 Å². The third kappa shape index (κ3) is 9.72. The average Bonchev–Trinajstić information content (AvgIpc) is 2.96. The second-order valence-electron chi connectivity index (χ2n) is 11.5. The van der Waals surface area contributed by atoms with Crippen LogP contribution in [0.15, 0.2) is 97.6 Å². The van der Waals surface area contributed by atoms with Crippen LogP contribution >= 0.6 is 0 Å². The molecule has 0 heterocycles. The molecule has 0 aliphatic heterocycles. The minimum absolute atomic E-state index is 0.0695. The van der Waals surface area contributed by atoms with Crippen LogP contribution in [0.25, 0.3) is 0 Å². The van der Waals surface area contributed by atoms with Gasteiger partial charge in [-0.15, -0.1) is 6.58 Å². The SMILES string of the molecule is C=C[C@@H](OCc1ccc(OC)cc1)[C@H](OCc1ccccc1)[C@H](CO[Si](C)(C)C(C)(C)C)OCc1ccccc1. The summed E-state index contributed by atoms with van der Waals surface area (Å²) >= 11 is 0. The van der Waals surface area contributed by atoms with Gasteiger partial charge in [-0.05, 0) is 47.0 Å². The maximum atomic E-state index is 6.69. The van der Waals surface area contributed by atoms with Gasteiger partial charge in [0.1, 0.15) is 24.1 Å². The lowest BCUT2D eigenvalue weighted by Gasteiger charge is -2.39. The molecule has 3 aromatic carbocycles.